The Hall–Kier alpha value is -2.58. The third-order valence-corrected chi connectivity index (χ3v) is 5.45. The lowest BCUT2D eigenvalue weighted by Gasteiger charge is -2.36. The highest BCUT2D eigenvalue weighted by Crippen LogP contribution is 2.31. The summed E-state index contributed by atoms with van der Waals surface area (Å²) in [4.78, 5) is 14.5. The molecule has 8 heteroatoms. The minimum absolute atomic E-state index is 0.0892. The first-order valence-corrected chi connectivity index (χ1v) is 9.38. The number of carbonyl (C=O) groups is 1. The quantitative estimate of drug-likeness (QED) is 0.820. The van der Waals surface area contributed by atoms with Crippen LogP contribution in [0.1, 0.15) is 27.9 Å². The Bertz CT molecular complexity index is 878. The number of aliphatic hydroxyl groups is 1. The molecule has 154 valence electrons. The van der Waals surface area contributed by atoms with Gasteiger partial charge in [-0.05, 0) is 48.4 Å². The molecule has 2 N–H and O–H groups in total. The largest absolute Gasteiger partial charge is 0.416 e. The molecule has 5 nitrogen and oxygen atoms in total. The zero-order chi connectivity index (χ0) is 20.6. The van der Waals surface area contributed by atoms with Crippen molar-refractivity contribution in [1.29, 1.82) is 0 Å². The van der Waals surface area contributed by atoms with Crippen LogP contribution in [0, 0.1) is 0 Å². The molecule has 0 radical (unpaired) electrons. The number of alkyl halides is 3. The number of anilines is 1. The maximum atomic E-state index is 12.7. The maximum absolute atomic E-state index is 12.7. The van der Waals surface area contributed by atoms with E-state index >= 15 is 0 Å². The summed E-state index contributed by atoms with van der Waals surface area (Å²) in [6.45, 7) is 1.69. The SMILES string of the molecule is O=C(NC1CCN(c2ccc(C(F)(F)F)cc2)C1)c1ccc(C2(O)COC2)cc1. The molecule has 0 spiro atoms. The molecule has 1 atom stereocenters. The molecular formula is C21H21F3N2O3. The molecule has 2 heterocycles. The first kappa shape index (κ1) is 19.7. The second kappa shape index (κ2) is 7.35. The highest BCUT2D eigenvalue weighted by molar-refractivity contribution is 5.94. The lowest BCUT2D eigenvalue weighted by molar-refractivity contribution is -0.184. The number of ether oxygens (including phenoxy) is 1. The standard InChI is InChI=1S/C21H21F3N2O3/c22-21(23,24)16-5-7-18(8-6-16)26-10-9-17(11-26)25-19(27)14-1-3-15(4-2-14)20(28)12-29-13-20/h1-8,17,28H,9-13H2,(H,25,27). The van der Waals surface area contributed by atoms with Crippen LogP contribution < -0.4 is 10.2 Å². The van der Waals surface area contributed by atoms with Crippen LogP contribution in [0.15, 0.2) is 48.5 Å². The first-order chi connectivity index (χ1) is 13.7. The van der Waals surface area contributed by atoms with Gasteiger partial charge in [0.25, 0.3) is 5.91 Å². The van der Waals surface area contributed by atoms with Crippen molar-refractivity contribution in [2.45, 2.75) is 24.2 Å². The second-order valence-corrected chi connectivity index (χ2v) is 7.55. The van der Waals surface area contributed by atoms with Gasteiger partial charge in [0.05, 0.1) is 18.8 Å². The van der Waals surface area contributed by atoms with Gasteiger partial charge in [0.15, 0.2) is 0 Å². The van der Waals surface area contributed by atoms with E-state index in [2.05, 4.69) is 5.32 Å². The van der Waals surface area contributed by atoms with Crippen LogP contribution in [0.5, 0.6) is 0 Å². The monoisotopic (exact) mass is 406 g/mol. The van der Waals surface area contributed by atoms with Crippen molar-refractivity contribution in [3.05, 3.63) is 65.2 Å². The molecule has 2 aromatic rings. The second-order valence-electron chi connectivity index (χ2n) is 7.55. The van der Waals surface area contributed by atoms with Crippen LogP contribution in [-0.2, 0) is 16.5 Å². The maximum Gasteiger partial charge on any atom is 0.416 e. The highest BCUT2D eigenvalue weighted by Gasteiger charge is 2.38. The number of carbonyl (C=O) groups excluding carboxylic acids is 1. The van der Waals surface area contributed by atoms with E-state index in [1.54, 1.807) is 24.3 Å². The van der Waals surface area contributed by atoms with E-state index in [1.165, 1.54) is 12.1 Å². The average Bonchev–Trinajstić information content (AvgIpc) is 3.14. The molecule has 0 aromatic heterocycles. The van der Waals surface area contributed by atoms with Crippen LogP contribution in [0.2, 0.25) is 0 Å². The Morgan fingerprint density at radius 3 is 2.31 bits per heavy atom. The normalized spacial score (nSPS) is 21.0. The van der Waals surface area contributed by atoms with Gasteiger partial charge in [-0.25, -0.2) is 0 Å². The number of benzene rings is 2. The van der Waals surface area contributed by atoms with Gasteiger partial charge in [-0.15, -0.1) is 0 Å². The van der Waals surface area contributed by atoms with Gasteiger partial charge >= 0.3 is 6.18 Å². The molecule has 2 aliphatic rings. The summed E-state index contributed by atoms with van der Waals surface area (Å²) in [6.07, 6.45) is -3.64. The van der Waals surface area contributed by atoms with Gasteiger partial charge in [-0.1, -0.05) is 12.1 Å². The number of nitrogens with one attached hydrogen (secondary N) is 1. The molecule has 2 aromatic carbocycles. The first-order valence-electron chi connectivity index (χ1n) is 9.38. The fourth-order valence-electron chi connectivity index (χ4n) is 3.64. The Kier molecular flexibility index (Phi) is 5.00. The van der Waals surface area contributed by atoms with Gasteiger partial charge in [0.2, 0.25) is 0 Å². The van der Waals surface area contributed by atoms with E-state index in [1.807, 2.05) is 4.90 Å². The predicted octanol–water partition coefficient (Wildman–Crippen LogP) is 2.93. The van der Waals surface area contributed by atoms with E-state index in [0.29, 0.717) is 30.8 Å². The summed E-state index contributed by atoms with van der Waals surface area (Å²) in [5.41, 5.74) is 0.268. The smallest absolute Gasteiger partial charge is 0.380 e. The van der Waals surface area contributed by atoms with Crippen molar-refractivity contribution < 1.29 is 27.8 Å². The van der Waals surface area contributed by atoms with Crippen molar-refractivity contribution >= 4 is 11.6 Å². The van der Waals surface area contributed by atoms with Gasteiger partial charge in [-0.2, -0.15) is 13.2 Å². The van der Waals surface area contributed by atoms with E-state index in [0.717, 1.165) is 17.7 Å². The van der Waals surface area contributed by atoms with Crippen LogP contribution in [-0.4, -0.2) is 43.4 Å². The van der Waals surface area contributed by atoms with Crippen molar-refractivity contribution in [2.75, 3.05) is 31.2 Å². The summed E-state index contributed by atoms with van der Waals surface area (Å²) in [6, 6.07) is 11.8. The van der Waals surface area contributed by atoms with Gasteiger partial charge in [0.1, 0.15) is 5.60 Å². The summed E-state index contributed by atoms with van der Waals surface area (Å²) in [7, 11) is 0. The van der Waals surface area contributed by atoms with Crippen LogP contribution in [0.3, 0.4) is 0 Å². The minimum Gasteiger partial charge on any atom is -0.380 e. The number of hydrogen-bond donors (Lipinski definition) is 2. The Morgan fingerprint density at radius 1 is 1.10 bits per heavy atom. The molecule has 4 rings (SSSR count). The Labute approximate surface area is 166 Å². The predicted molar refractivity (Wildman–Crippen MR) is 101 cm³/mol. The molecule has 1 amide bonds. The molecule has 0 bridgehead atoms. The van der Waals surface area contributed by atoms with E-state index in [-0.39, 0.29) is 25.2 Å². The lowest BCUT2D eigenvalue weighted by atomic mass is 9.91. The van der Waals surface area contributed by atoms with Crippen LogP contribution >= 0.6 is 0 Å². The third kappa shape index (κ3) is 4.09. The van der Waals surface area contributed by atoms with Crippen molar-refractivity contribution in [2.24, 2.45) is 0 Å². The molecule has 2 saturated heterocycles. The van der Waals surface area contributed by atoms with Crippen LogP contribution in [0.4, 0.5) is 18.9 Å². The summed E-state index contributed by atoms with van der Waals surface area (Å²) < 4.78 is 43.1. The number of rotatable bonds is 4. The highest BCUT2D eigenvalue weighted by atomic mass is 19.4. The van der Waals surface area contributed by atoms with E-state index in [9.17, 15) is 23.1 Å². The molecular weight excluding hydrogens is 385 g/mol. The zero-order valence-electron chi connectivity index (χ0n) is 15.6. The van der Waals surface area contributed by atoms with Crippen molar-refractivity contribution in [1.82, 2.24) is 5.32 Å². The topological polar surface area (TPSA) is 61.8 Å². The van der Waals surface area contributed by atoms with Gasteiger partial charge in [0, 0.05) is 30.4 Å². The molecule has 29 heavy (non-hydrogen) atoms. The number of nitrogens with zero attached hydrogens (tertiary/aromatic N) is 1. The van der Waals surface area contributed by atoms with E-state index in [4.69, 9.17) is 4.74 Å². The molecule has 2 fully saturated rings. The average molecular weight is 406 g/mol. The number of halogens is 3. The summed E-state index contributed by atoms with van der Waals surface area (Å²) >= 11 is 0. The molecule has 0 aliphatic carbocycles. The van der Waals surface area contributed by atoms with Crippen molar-refractivity contribution in [3.8, 4) is 0 Å². The number of hydrogen-bond acceptors (Lipinski definition) is 4. The van der Waals surface area contributed by atoms with Gasteiger partial charge < -0.3 is 20.1 Å². The van der Waals surface area contributed by atoms with Crippen LogP contribution in [0.25, 0.3) is 0 Å². The Balaban J connectivity index is 1.34. The third-order valence-electron chi connectivity index (χ3n) is 5.45. The summed E-state index contributed by atoms with van der Waals surface area (Å²) in [5, 5.41) is 13.2. The molecule has 0 saturated carbocycles. The van der Waals surface area contributed by atoms with Crippen molar-refractivity contribution in [3.63, 3.8) is 0 Å². The fraction of sp³-hybridized carbons (Fsp3) is 0.381. The zero-order valence-corrected chi connectivity index (χ0v) is 15.6. The summed E-state index contributed by atoms with van der Waals surface area (Å²) in [5.74, 6) is -0.215. The molecule has 2 aliphatic heterocycles. The van der Waals surface area contributed by atoms with Gasteiger partial charge in [-0.3, -0.25) is 4.79 Å². The molecule has 1 unspecified atom stereocenters. The minimum atomic E-state index is -4.35. The Morgan fingerprint density at radius 2 is 1.76 bits per heavy atom. The lowest BCUT2D eigenvalue weighted by Crippen LogP contribution is -2.46. The fourth-order valence-corrected chi connectivity index (χ4v) is 3.64. The number of amides is 1. The van der Waals surface area contributed by atoms with E-state index < -0.39 is 17.3 Å².